The van der Waals surface area contributed by atoms with Crippen molar-refractivity contribution in [1.82, 2.24) is 15.8 Å². The van der Waals surface area contributed by atoms with Crippen LogP contribution in [0.25, 0.3) is 0 Å². The number of hydrogen-bond donors (Lipinski definition) is 3. The first-order valence-corrected chi connectivity index (χ1v) is 6.55. The molecule has 19 heavy (non-hydrogen) atoms. The van der Waals surface area contributed by atoms with Crippen molar-refractivity contribution >= 4 is 17.7 Å². The van der Waals surface area contributed by atoms with Gasteiger partial charge in [0.05, 0.1) is 5.92 Å². The third-order valence-electron chi connectivity index (χ3n) is 3.08. The number of aliphatic hydroxyl groups excluding tert-OH is 1. The van der Waals surface area contributed by atoms with Gasteiger partial charge in [-0.25, -0.2) is 0 Å². The van der Waals surface area contributed by atoms with Gasteiger partial charge in [-0.1, -0.05) is 6.92 Å². The molecule has 0 spiro atoms. The van der Waals surface area contributed by atoms with E-state index in [4.69, 9.17) is 5.11 Å². The summed E-state index contributed by atoms with van der Waals surface area (Å²) in [6, 6.07) is 0. The SMILES string of the molecule is CCCC(=O)N1CCCC(C(=O)NNC(=O)CO)C1. The maximum absolute atomic E-state index is 11.8. The molecule has 0 saturated carbocycles. The van der Waals surface area contributed by atoms with Crippen LogP contribution in [0.5, 0.6) is 0 Å². The standard InChI is InChI=1S/C12H21N3O4/c1-2-4-11(18)15-6-3-5-9(7-15)12(19)14-13-10(17)8-16/h9,16H,2-8H2,1H3,(H,13,17)(H,14,19). The number of nitrogens with one attached hydrogen (secondary N) is 2. The molecule has 1 aliphatic rings. The Labute approximate surface area is 112 Å². The van der Waals surface area contributed by atoms with E-state index in [1.807, 2.05) is 6.92 Å². The minimum Gasteiger partial charge on any atom is -0.386 e. The highest BCUT2D eigenvalue weighted by Crippen LogP contribution is 2.17. The summed E-state index contributed by atoms with van der Waals surface area (Å²) in [6.07, 6.45) is 2.76. The van der Waals surface area contributed by atoms with Crippen LogP contribution < -0.4 is 10.9 Å². The minimum absolute atomic E-state index is 0.0689. The fourth-order valence-electron chi connectivity index (χ4n) is 2.06. The van der Waals surface area contributed by atoms with Crippen molar-refractivity contribution in [1.29, 1.82) is 0 Å². The Balaban J connectivity index is 2.43. The number of hydrogen-bond acceptors (Lipinski definition) is 4. The van der Waals surface area contributed by atoms with Crippen molar-refractivity contribution < 1.29 is 19.5 Å². The Morgan fingerprint density at radius 3 is 2.68 bits per heavy atom. The maximum Gasteiger partial charge on any atom is 0.264 e. The zero-order chi connectivity index (χ0) is 14.3. The molecule has 0 bridgehead atoms. The van der Waals surface area contributed by atoms with Crippen LogP contribution in [0, 0.1) is 5.92 Å². The molecule has 0 aromatic rings. The molecule has 0 aliphatic carbocycles. The summed E-state index contributed by atoms with van der Waals surface area (Å²) in [6.45, 7) is 2.34. The fourth-order valence-corrected chi connectivity index (χ4v) is 2.06. The molecule has 1 rings (SSSR count). The molecule has 3 amide bonds. The minimum atomic E-state index is -0.675. The number of rotatable bonds is 4. The maximum atomic E-state index is 11.8. The molecule has 3 N–H and O–H groups in total. The molecule has 1 unspecified atom stereocenters. The molecule has 1 aliphatic heterocycles. The molecule has 1 atom stereocenters. The van der Waals surface area contributed by atoms with Crippen molar-refractivity contribution in [2.75, 3.05) is 19.7 Å². The van der Waals surface area contributed by atoms with E-state index in [0.717, 1.165) is 12.8 Å². The topological polar surface area (TPSA) is 98.7 Å². The lowest BCUT2D eigenvalue weighted by molar-refractivity contribution is -0.137. The van der Waals surface area contributed by atoms with Gasteiger partial charge in [0.1, 0.15) is 6.61 Å². The molecule has 7 heteroatoms. The highest BCUT2D eigenvalue weighted by molar-refractivity contribution is 5.84. The van der Waals surface area contributed by atoms with Crippen LogP contribution in [0.3, 0.4) is 0 Å². The molecule has 1 saturated heterocycles. The molecule has 1 fully saturated rings. The quantitative estimate of drug-likeness (QED) is 0.581. The van der Waals surface area contributed by atoms with Crippen molar-refractivity contribution in [3.05, 3.63) is 0 Å². The summed E-state index contributed by atoms with van der Waals surface area (Å²) in [5.74, 6) is -1.23. The second-order valence-corrected chi connectivity index (χ2v) is 4.62. The predicted molar refractivity (Wildman–Crippen MR) is 67.6 cm³/mol. The third kappa shape index (κ3) is 4.86. The van der Waals surface area contributed by atoms with Gasteiger partial charge in [0.2, 0.25) is 11.8 Å². The second kappa shape index (κ2) is 7.73. The summed E-state index contributed by atoms with van der Waals surface area (Å²) in [4.78, 5) is 36.1. The van der Waals surface area contributed by atoms with Gasteiger partial charge in [0.15, 0.2) is 0 Å². The highest BCUT2D eigenvalue weighted by Gasteiger charge is 2.28. The number of nitrogens with zero attached hydrogens (tertiary/aromatic N) is 1. The van der Waals surface area contributed by atoms with Crippen LogP contribution in [0.2, 0.25) is 0 Å². The monoisotopic (exact) mass is 271 g/mol. The van der Waals surface area contributed by atoms with Gasteiger partial charge < -0.3 is 10.0 Å². The van der Waals surface area contributed by atoms with Crippen LogP contribution >= 0.6 is 0 Å². The zero-order valence-electron chi connectivity index (χ0n) is 11.1. The summed E-state index contributed by atoms with van der Waals surface area (Å²) >= 11 is 0. The molecule has 1 heterocycles. The Hall–Kier alpha value is -1.63. The molecule has 0 aromatic carbocycles. The van der Waals surface area contributed by atoms with E-state index in [0.29, 0.717) is 25.9 Å². The van der Waals surface area contributed by atoms with E-state index in [2.05, 4.69) is 10.9 Å². The molecule has 0 aromatic heterocycles. The molecular formula is C12H21N3O4. The smallest absolute Gasteiger partial charge is 0.264 e. The number of carbonyl (C=O) groups is 3. The van der Waals surface area contributed by atoms with E-state index in [9.17, 15) is 14.4 Å². The lowest BCUT2D eigenvalue weighted by Gasteiger charge is -2.32. The van der Waals surface area contributed by atoms with Gasteiger partial charge in [-0.15, -0.1) is 0 Å². The van der Waals surface area contributed by atoms with E-state index < -0.39 is 12.5 Å². The number of hydrazine groups is 1. The van der Waals surface area contributed by atoms with E-state index in [-0.39, 0.29) is 17.7 Å². The molecule has 7 nitrogen and oxygen atoms in total. The number of amides is 3. The number of aliphatic hydroxyl groups is 1. The Bertz CT molecular complexity index is 346. The summed E-state index contributed by atoms with van der Waals surface area (Å²) in [7, 11) is 0. The van der Waals surface area contributed by atoms with Crippen molar-refractivity contribution in [2.45, 2.75) is 32.6 Å². The molecule has 108 valence electrons. The van der Waals surface area contributed by atoms with Gasteiger partial charge in [-0.05, 0) is 19.3 Å². The van der Waals surface area contributed by atoms with E-state index in [1.165, 1.54) is 0 Å². The summed E-state index contributed by atoms with van der Waals surface area (Å²) in [5.41, 5.74) is 4.36. The summed E-state index contributed by atoms with van der Waals surface area (Å²) in [5, 5.41) is 8.52. The predicted octanol–water partition coefficient (Wildman–Crippen LogP) is -0.835. The first-order valence-electron chi connectivity index (χ1n) is 6.55. The Morgan fingerprint density at radius 2 is 2.05 bits per heavy atom. The van der Waals surface area contributed by atoms with Gasteiger partial charge in [0, 0.05) is 19.5 Å². The van der Waals surface area contributed by atoms with Crippen LogP contribution in [-0.4, -0.2) is 47.4 Å². The average Bonchev–Trinajstić information content (AvgIpc) is 2.44. The van der Waals surface area contributed by atoms with Crippen LogP contribution in [0.1, 0.15) is 32.6 Å². The average molecular weight is 271 g/mol. The van der Waals surface area contributed by atoms with Crippen molar-refractivity contribution in [2.24, 2.45) is 5.92 Å². The first kappa shape index (κ1) is 15.4. The Kier molecular flexibility index (Phi) is 6.27. The lowest BCUT2D eigenvalue weighted by Crippen LogP contribution is -2.50. The molecule has 0 radical (unpaired) electrons. The normalized spacial score (nSPS) is 18.8. The zero-order valence-corrected chi connectivity index (χ0v) is 11.1. The number of carbonyl (C=O) groups excluding carboxylic acids is 3. The van der Waals surface area contributed by atoms with Gasteiger partial charge >= 0.3 is 0 Å². The summed E-state index contributed by atoms with van der Waals surface area (Å²) < 4.78 is 0. The van der Waals surface area contributed by atoms with Gasteiger partial charge in [0.25, 0.3) is 5.91 Å². The first-order chi connectivity index (χ1) is 9.08. The second-order valence-electron chi connectivity index (χ2n) is 4.62. The molecular weight excluding hydrogens is 250 g/mol. The number of piperidine rings is 1. The highest BCUT2D eigenvalue weighted by atomic mass is 16.3. The van der Waals surface area contributed by atoms with Crippen LogP contribution in [0.15, 0.2) is 0 Å². The van der Waals surface area contributed by atoms with Crippen LogP contribution in [0.4, 0.5) is 0 Å². The van der Waals surface area contributed by atoms with Crippen molar-refractivity contribution in [3.8, 4) is 0 Å². The third-order valence-corrected chi connectivity index (χ3v) is 3.08. The van der Waals surface area contributed by atoms with Gasteiger partial charge in [-0.3, -0.25) is 25.2 Å². The van der Waals surface area contributed by atoms with E-state index >= 15 is 0 Å². The Morgan fingerprint density at radius 1 is 1.32 bits per heavy atom. The van der Waals surface area contributed by atoms with Crippen LogP contribution in [-0.2, 0) is 14.4 Å². The number of likely N-dealkylation sites (tertiary alicyclic amines) is 1. The largest absolute Gasteiger partial charge is 0.386 e. The van der Waals surface area contributed by atoms with Gasteiger partial charge in [-0.2, -0.15) is 0 Å². The lowest BCUT2D eigenvalue weighted by atomic mass is 9.97. The van der Waals surface area contributed by atoms with Crippen molar-refractivity contribution in [3.63, 3.8) is 0 Å². The fraction of sp³-hybridized carbons (Fsp3) is 0.750. The van der Waals surface area contributed by atoms with E-state index in [1.54, 1.807) is 4.90 Å².